The summed E-state index contributed by atoms with van der Waals surface area (Å²) in [5.74, 6) is -0.00189. The van der Waals surface area contributed by atoms with Gasteiger partial charge in [-0.25, -0.2) is 4.98 Å². The first-order chi connectivity index (χ1) is 26.7. The molecule has 0 aliphatic carbocycles. The summed E-state index contributed by atoms with van der Waals surface area (Å²) in [5, 5.41) is 10.5. The van der Waals surface area contributed by atoms with E-state index in [9.17, 15) is 14.4 Å². The van der Waals surface area contributed by atoms with Crippen molar-refractivity contribution in [1.82, 2.24) is 10.3 Å². The first kappa shape index (κ1) is 38.4. The zero-order valence-corrected chi connectivity index (χ0v) is 32.1. The van der Waals surface area contributed by atoms with E-state index in [4.69, 9.17) is 14.2 Å². The Morgan fingerprint density at radius 3 is 2.04 bits per heavy atom. The number of anilines is 2. The minimum Gasteiger partial charge on any atom is -0.496 e. The Labute approximate surface area is 327 Å². The van der Waals surface area contributed by atoms with Gasteiger partial charge in [-0.1, -0.05) is 78.4 Å². The lowest BCUT2D eigenvalue weighted by atomic mass is 10.1. The highest BCUT2D eigenvalue weighted by Crippen LogP contribution is 2.38. The summed E-state index contributed by atoms with van der Waals surface area (Å²) in [4.78, 5) is 46.3. The van der Waals surface area contributed by atoms with Crippen LogP contribution in [0.4, 0.5) is 10.8 Å². The van der Waals surface area contributed by atoms with Crippen molar-refractivity contribution in [2.75, 3.05) is 32.0 Å². The van der Waals surface area contributed by atoms with E-state index in [1.807, 2.05) is 79.0 Å². The number of carbonyl (C=O) groups excluding carboxylic acids is 3. The second kappa shape index (κ2) is 18.1. The summed E-state index contributed by atoms with van der Waals surface area (Å²) < 4.78 is 16.4. The molecule has 0 saturated heterocycles. The molecular weight excluding hydrogens is 733 g/mol. The Morgan fingerprint density at radius 1 is 0.745 bits per heavy atom. The predicted molar refractivity (Wildman–Crippen MR) is 219 cm³/mol. The summed E-state index contributed by atoms with van der Waals surface area (Å²) in [6, 6.07) is 36.6. The monoisotopic (exact) mass is 770 g/mol. The largest absolute Gasteiger partial charge is 0.496 e. The molecule has 1 unspecified atom stereocenters. The minimum atomic E-state index is -0.590. The molecule has 0 aliphatic heterocycles. The summed E-state index contributed by atoms with van der Waals surface area (Å²) in [7, 11) is 4.51. The second-order valence-corrected chi connectivity index (χ2v) is 14.1. The molecule has 10 nitrogen and oxygen atoms in total. The number of nitrogens with one attached hydrogen (secondary N) is 3. The van der Waals surface area contributed by atoms with Gasteiger partial charge in [0.25, 0.3) is 11.8 Å². The van der Waals surface area contributed by atoms with Gasteiger partial charge in [0.05, 0.1) is 27.0 Å². The maximum atomic E-state index is 13.8. The number of thioether (sulfide) groups is 1. The Balaban J connectivity index is 1.21. The van der Waals surface area contributed by atoms with E-state index in [0.29, 0.717) is 39.2 Å². The second-order valence-electron chi connectivity index (χ2n) is 12.1. The number of benzene rings is 5. The predicted octanol–water partition coefficient (Wildman–Crippen LogP) is 9.03. The third-order valence-corrected chi connectivity index (χ3v) is 10.4. The number of amides is 3. The first-order valence-electron chi connectivity index (χ1n) is 17.1. The number of thiazole rings is 1. The van der Waals surface area contributed by atoms with Crippen LogP contribution in [0.5, 0.6) is 17.2 Å². The highest BCUT2D eigenvalue weighted by Gasteiger charge is 2.24. The van der Waals surface area contributed by atoms with Crippen LogP contribution in [-0.2, 0) is 9.59 Å². The average molecular weight is 771 g/mol. The SMILES string of the molecule is COc1cc(OC)c(OC)cc1/C=C(\NC(=O)c1ccccc1)C(=O)Nc1ccc(SC(C(=O)Nc2nc(-c3ccc(C)cc3)cs2)c2ccccc2)cc1. The first-order valence-corrected chi connectivity index (χ1v) is 18.8. The fourth-order valence-corrected chi connectivity index (χ4v) is 7.22. The molecule has 1 atom stereocenters. The van der Waals surface area contributed by atoms with Crippen LogP contribution in [0.15, 0.2) is 137 Å². The lowest BCUT2D eigenvalue weighted by molar-refractivity contribution is -0.116. The fourth-order valence-electron chi connectivity index (χ4n) is 5.47. The molecule has 0 fully saturated rings. The normalized spacial score (nSPS) is 11.6. The van der Waals surface area contributed by atoms with Gasteiger partial charge in [-0.2, -0.15) is 0 Å². The Hall–Kier alpha value is -6.37. The molecule has 278 valence electrons. The number of hydrogen-bond acceptors (Lipinski definition) is 9. The van der Waals surface area contributed by atoms with Crippen LogP contribution in [-0.4, -0.2) is 44.0 Å². The number of aryl methyl sites for hydroxylation is 1. The summed E-state index contributed by atoms with van der Waals surface area (Å²) in [6.45, 7) is 2.03. The number of aromatic nitrogens is 1. The highest BCUT2D eigenvalue weighted by molar-refractivity contribution is 8.00. The van der Waals surface area contributed by atoms with Crippen LogP contribution >= 0.6 is 23.1 Å². The Morgan fingerprint density at radius 2 is 1.38 bits per heavy atom. The number of rotatable bonds is 14. The maximum Gasteiger partial charge on any atom is 0.272 e. The molecular formula is C43H38N4O6S2. The van der Waals surface area contributed by atoms with Gasteiger partial charge < -0.3 is 30.2 Å². The molecule has 5 aromatic carbocycles. The molecule has 0 spiro atoms. The molecule has 0 radical (unpaired) electrons. The molecule has 0 saturated carbocycles. The maximum absolute atomic E-state index is 13.8. The van der Waals surface area contributed by atoms with Crippen molar-refractivity contribution >= 4 is 57.7 Å². The smallest absolute Gasteiger partial charge is 0.272 e. The van der Waals surface area contributed by atoms with Crippen LogP contribution in [0.25, 0.3) is 17.3 Å². The summed E-state index contributed by atoms with van der Waals surface area (Å²) in [5.41, 5.74) is 5.04. The van der Waals surface area contributed by atoms with Crippen molar-refractivity contribution in [3.63, 3.8) is 0 Å². The lowest BCUT2D eigenvalue weighted by Crippen LogP contribution is -2.30. The van der Waals surface area contributed by atoms with E-state index < -0.39 is 17.1 Å². The molecule has 1 aromatic heterocycles. The lowest BCUT2D eigenvalue weighted by Gasteiger charge is -2.17. The molecule has 12 heteroatoms. The van der Waals surface area contributed by atoms with Crippen LogP contribution in [0.2, 0.25) is 0 Å². The summed E-state index contributed by atoms with van der Waals surface area (Å²) in [6.07, 6.45) is 1.51. The van der Waals surface area contributed by atoms with E-state index in [0.717, 1.165) is 27.3 Å². The van der Waals surface area contributed by atoms with Crippen molar-refractivity contribution in [1.29, 1.82) is 0 Å². The zero-order chi connectivity index (χ0) is 38.7. The van der Waals surface area contributed by atoms with Gasteiger partial charge >= 0.3 is 0 Å². The molecule has 55 heavy (non-hydrogen) atoms. The molecule has 6 aromatic rings. The van der Waals surface area contributed by atoms with Crippen molar-refractivity contribution < 1.29 is 28.6 Å². The van der Waals surface area contributed by atoms with Crippen molar-refractivity contribution in [2.45, 2.75) is 17.1 Å². The molecule has 0 bridgehead atoms. The number of hydrogen-bond donors (Lipinski definition) is 3. The van der Waals surface area contributed by atoms with Gasteiger partial charge in [0.2, 0.25) is 5.91 Å². The molecule has 0 aliphatic rings. The van der Waals surface area contributed by atoms with Gasteiger partial charge in [0.15, 0.2) is 16.6 Å². The third-order valence-electron chi connectivity index (χ3n) is 8.35. The van der Waals surface area contributed by atoms with Crippen LogP contribution < -0.4 is 30.2 Å². The number of ether oxygens (including phenoxy) is 3. The number of carbonyl (C=O) groups is 3. The van der Waals surface area contributed by atoms with Crippen LogP contribution in [0, 0.1) is 6.92 Å². The number of methoxy groups -OCH3 is 3. The summed E-state index contributed by atoms with van der Waals surface area (Å²) >= 11 is 2.75. The van der Waals surface area contributed by atoms with E-state index >= 15 is 0 Å². The van der Waals surface area contributed by atoms with Gasteiger partial charge in [0.1, 0.15) is 16.7 Å². The van der Waals surface area contributed by atoms with Crippen molar-refractivity contribution in [2.24, 2.45) is 0 Å². The van der Waals surface area contributed by atoms with Crippen LogP contribution in [0.1, 0.15) is 32.3 Å². The zero-order valence-electron chi connectivity index (χ0n) is 30.5. The quantitative estimate of drug-likeness (QED) is 0.0740. The van der Waals surface area contributed by atoms with E-state index in [-0.39, 0.29) is 11.6 Å². The van der Waals surface area contributed by atoms with Crippen LogP contribution in [0.3, 0.4) is 0 Å². The molecule has 3 amide bonds. The van der Waals surface area contributed by atoms with Gasteiger partial charge in [-0.05, 0) is 61.0 Å². The topological polar surface area (TPSA) is 128 Å². The van der Waals surface area contributed by atoms with E-state index in [1.54, 1.807) is 54.6 Å². The molecule has 1 heterocycles. The number of nitrogens with zero attached hydrogens (tertiary/aromatic N) is 1. The third kappa shape index (κ3) is 9.79. The van der Waals surface area contributed by atoms with Gasteiger partial charge in [-0.15, -0.1) is 23.1 Å². The van der Waals surface area contributed by atoms with Gasteiger partial charge in [-0.3, -0.25) is 14.4 Å². The van der Waals surface area contributed by atoms with E-state index in [1.165, 1.54) is 50.5 Å². The average Bonchev–Trinajstić information content (AvgIpc) is 3.69. The standard InChI is InChI=1S/C43H38N4O6S2/c1-27-15-17-28(18-16-27)35-26-54-43(46-35)47-42(50)39(29-11-7-5-8-12-29)55-33-21-19-32(20-22-33)44-41(49)34(45-40(48)30-13-9-6-10-14-30)23-31-24-37(52-3)38(53-4)25-36(31)51-2/h5-26,39H,1-4H3,(H,44,49)(H,45,48)(H,46,47,50)/b34-23-. The minimum absolute atomic E-state index is 0.0358. The van der Waals surface area contributed by atoms with Crippen molar-refractivity contribution in [3.05, 3.63) is 155 Å². The van der Waals surface area contributed by atoms with E-state index in [2.05, 4.69) is 20.9 Å². The van der Waals surface area contributed by atoms with Crippen molar-refractivity contribution in [3.8, 4) is 28.5 Å². The van der Waals surface area contributed by atoms with Gasteiger partial charge in [0, 0.05) is 38.7 Å². The fraction of sp³-hybridized carbons (Fsp3) is 0.116. The molecule has 3 N–H and O–H groups in total. The molecule has 6 rings (SSSR count). The highest BCUT2D eigenvalue weighted by atomic mass is 32.2. The Bertz CT molecular complexity index is 2290. The Kier molecular flexibility index (Phi) is 12.6.